The number of fused-ring (bicyclic) bond motifs is 2. The van der Waals surface area contributed by atoms with Crippen LogP contribution in [0.1, 0.15) is 19.8 Å². The molecule has 0 radical (unpaired) electrons. The number of nitrogens with one attached hydrogen (secondary N) is 1. The van der Waals surface area contributed by atoms with Crippen molar-refractivity contribution in [2.75, 3.05) is 26.2 Å². The van der Waals surface area contributed by atoms with E-state index in [1.54, 1.807) is 0 Å². The second kappa shape index (κ2) is 3.48. The van der Waals surface area contributed by atoms with Gasteiger partial charge in [-0.1, -0.05) is 6.92 Å². The molecule has 0 aromatic heterocycles. The Morgan fingerprint density at radius 3 is 2.33 bits per heavy atom. The second-order valence-corrected chi connectivity index (χ2v) is 5.69. The van der Waals surface area contributed by atoms with Gasteiger partial charge in [-0.25, -0.2) is 0 Å². The molecule has 2 bridgehead atoms. The Morgan fingerprint density at radius 2 is 1.80 bits per heavy atom. The SMILES string of the molecule is C[C@H]1C[C@@H]1C(=O)N1CC2CNCC(C2)C1. The maximum absolute atomic E-state index is 12.1. The summed E-state index contributed by atoms with van der Waals surface area (Å²) in [5.41, 5.74) is 0. The smallest absolute Gasteiger partial charge is 0.225 e. The Morgan fingerprint density at radius 1 is 1.20 bits per heavy atom. The molecule has 2 aliphatic heterocycles. The van der Waals surface area contributed by atoms with Gasteiger partial charge in [-0.15, -0.1) is 0 Å². The molecule has 84 valence electrons. The molecule has 3 heteroatoms. The van der Waals surface area contributed by atoms with Crippen LogP contribution in [-0.2, 0) is 4.79 Å². The summed E-state index contributed by atoms with van der Waals surface area (Å²) in [4.78, 5) is 14.3. The summed E-state index contributed by atoms with van der Waals surface area (Å²) >= 11 is 0. The summed E-state index contributed by atoms with van der Waals surface area (Å²) in [7, 11) is 0. The first kappa shape index (κ1) is 9.64. The fourth-order valence-electron chi connectivity index (χ4n) is 3.19. The van der Waals surface area contributed by atoms with Gasteiger partial charge in [-0.3, -0.25) is 4.79 Å². The van der Waals surface area contributed by atoms with Crippen molar-refractivity contribution < 1.29 is 4.79 Å². The summed E-state index contributed by atoms with van der Waals surface area (Å²) < 4.78 is 0. The predicted molar refractivity (Wildman–Crippen MR) is 58.3 cm³/mol. The monoisotopic (exact) mass is 208 g/mol. The van der Waals surface area contributed by atoms with Crippen molar-refractivity contribution in [3.05, 3.63) is 0 Å². The maximum atomic E-state index is 12.1. The number of piperidine rings is 2. The Kier molecular flexibility index (Phi) is 2.23. The highest BCUT2D eigenvalue weighted by atomic mass is 16.2. The van der Waals surface area contributed by atoms with Crippen LogP contribution in [0.25, 0.3) is 0 Å². The van der Waals surface area contributed by atoms with Gasteiger partial charge in [0.05, 0.1) is 0 Å². The Bertz CT molecular complexity index is 267. The Balaban J connectivity index is 1.64. The molecule has 1 aliphatic carbocycles. The number of likely N-dealkylation sites (tertiary alicyclic amines) is 1. The highest BCUT2D eigenvalue weighted by Crippen LogP contribution is 2.40. The van der Waals surface area contributed by atoms with Crippen LogP contribution in [0.3, 0.4) is 0 Å². The lowest BCUT2D eigenvalue weighted by Gasteiger charge is -2.41. The molecule has 2 heterocycles. The molecule has 3 fully saturated rings. The van der Waals surface area contributed by atoms with Gasteiger partial charge < -0.3 is 10.2 Å². The minimum atomic E-state index is 0.372. The minimum Gasteiger partial charge on any atom is -0.342 e. The van der Waals surface area contributed by atoms with Gasteiger partial charge in [0.2, 0.25) is 5.91 Å². The molecule has 15 heavy (non-hydrogen) atoms. The fourth-order valence-corrected chi connectivity index (χ4v) is 3.19. The van der Waals surface area contributed by atoms with Crippen LogP contribution in [0, 0.1) is 23.7 Å². The normalized spacial score (nSPS) is 43.9. The van der Waals surface area contributed by atoms with Crippen LogP contribution in [0.2, 0.25) is 0 Å². The molecule has 1 amide bonds. The van der Waals surface area contributed by atoms with Gasteiger partial charge >= 0.3 is 0 Å². The average Bonchev–Trinajstić information content (AvgIpc) is 2.94. The zero-order valence-electron chi connectivity index (χ0n) is 9.41. The van der Waals surface area contributed by atoms with E-state index in [4.69, 9.17) is 0 Å². The van der Waals surface area contributed by atoms with Crippen molar-refractivity contribution in [2.45, 2.75) is 19.8 Å². The highest BCUT2D eigenvalue weighted by molar-refractivity contribution is 5.81. The minimum absolute atomic E-state index is 0.372. The quantitative estimate of drug-likeness (QED) is 0.688. The van der Waals surface area contributed by atoms with E-state index in [2.05, 4.69) is 17.1 Å². The molecule has 0 aromatic rings. The van der Waals surface area contributed by atoms with E-state index in [-0.39, 0.29) is 0 Å². The van der Waals surface area contributed by atoms with Crippen LogP contribution >= 0.6 is 0 Å². The first-order chi connectivity index (χ1) is 7.24. The second-order valence-electron chi connectivity index (χ2n) is 5.69. The first-order valence-electron chi connectivity index (χ1n) is 6.23. The summed E-state index contributed by atoms with van der Waals surface area (Å²) in [5.74, 6) is 2.90. The van der Waals surface area contributed by atoms with E-state index in [0.29, 0.717) is 17.7 Å². The number of carbonyl (C=O) groups is 1. The standard InChI is InChI=1S/C12H20N2O/c1-8-2-11(8)12(15)14-6-9-3-10(7-14)5-13-4-9/h8-11,13H,2-7H2,1H3/t8-,9?,10?,11-/m0/s1. The number of rotatable bonds is 1. The summed E-state index contributed by atoms with van der Waals surface area (Å²) in [6.07, 6.45) is 2.46. The largest absolute Gasteiger partial charge is 0.342 e. The number of nitrogens with zero attached hydrogens (tertiary/aromatic N) is 1. The number of hydrogen-bond donors (Lipinski definition) is 1. The number of carbonyl (C=O) groups excluding carboxylic acids is 1. The van der Waals surface area contributed by atoms with Crippen LogP contribution in [-0.4, -0.2) is 37.0 Å². The molecule has 0 aromatic carbocycles. The van der Waals surface area contributed by atoms with Crippen molar-refractivity contribution in [3.63, 3.8) is 0 Å². The molecular formula is C12H20N2O. The van der Waals surface area contributed by atoms with E-state index in [1.165, 1.54) is 6.42 Å². The molecule has 1 N–H and O–H groups in total. The number of amides is 1. The third-order valence-corrected chi connectivity index (χ3v) is 4.23. The molecule has 1 saturated carbocycles. The van der Waals surface area contributed by atoms with Gasteiger partial charge in [0.25, 0.3) is 0 Å². The molecular weight excluding hydrogens is 188 g/mol. The van der Waals surface area contributed by atoms with E-state index in [0.717, 1.165) is 44.4 Å². The first-order valence-corrected chi connectivity index (χ1v) is 6.23. The third-order valence-electron chi connectivity index (χ3n) is 4.23. The maximum Gasteiger partial charge on any atom is 0.225 e. The predicted octanol–water partition coefficient (Wildman–Crippen LogP) is 0.710. The third kappa shape index (κ3) is 1.78. The number of hydrogen-bond acceptors (Lipinski definition) is 2. The van der Waals surface area contributed by atoms with Crippen LogP contribution < -0.4 is 5.32 Å². The van der Waals surface area contributed by atoms with Crippen molar-refractivity contribution in [1.82, 2.24) is 10.2 Å². The van der Waals surface area contributed by atoms with Crippen molar-refractivity contribution in [1.29, 1.82) is 0 Å². The Hall–Kier alpha value is -0.570. The molecule has 2 saturated heterocycles. The lowest BCUT2D eigenvalue weighted by Crippen LogP contribution is -2.53. The molecule has 3 rings (SSSR count). The van der Waals surface area contributed by atoms with Crippen LogP contribution in [0.5, 0.6) is 0 Å². The van der Waals surface area contributed by atoms with E-state index in [9.17, 15) is 4.79 Å². The average molecular weight is 208 g/mol. The van der Waals surface area contributed by atoms with Crippen molar-refractivity contribution in [2.24, 2.45) is 23.7 Å². The van der Waals surface area contributed by atoms with Crippen LogP contribution in [0.15, 0.2) is 0 Å². The lowest BCUT2D eigenvalue weighted by atomic mass is 9.85. The van der Waals surface area contributed by atoms with E-state index >= 15 is 0 Å². The van der Waals surface area contributed by atoms with Crippen LogP contribution in [0.4, 0.5) is 0 Å². The summed E-state index contributed by atoms with van der Waals surface area (Å²) in [6.45, 7) is 6.42. The summed E-state index contributed by atoms with van der Waals surface area (Å²) in [5, 5.41) is 3.46. The molecule has 0 spiro atoms. The van der Waals surface area contributed by atoms with Gasteiger partial charge in [-0.05, 0) is 43.7 Å². The van der Waals surface area contributed by atoms with E-state index < -0.39 is 0 Å². The zero-order chi connectivity index (χ0) is 10.4. The summed E-state index contributed by atoms with van der Waals surface area (Å²) in [6, 6.07) is 0. The molecule has 3 nitrogen and oxygen atoms in total. The van der Waals surface area contributed by atoms with Gasteiger partial charge in [0, 0.05) is 19.0 Å². The van der Waals surface area contributed by atoms with Gasteiger partial charge in [-0.2, -0.15) is 0 Å². The fraction of sp³-hybridized carbons (Fsp3) is 0.917. The molecule has 2 unspecified atom stereocenters. The van der Waals surface area contributed by atoms with Crippen molar-refractivity contribution >= 4 is 5.91 Å². The van der Waals surface area contributed by atoms with E-state index in [1.807, 2.05) is 0 Å². The molecule has 4 atom stereocenters. The zero-order valence-corrected chi connectivity index (χ0v) is 9.41. The lowest BCUT2D eigenvalue weighted by molar-refractivity contribution is -0.136. The van der Waals surface area contributed by atoms with Gasteiger partial charge in [0.1, 0.15) is 0 Å². The molecule has 3 aliphatic rings. The van der Waals surface area contributed by atoms with Gasteiger partial charge in [0.15, 0.2) is 0 Å². The topological polar surface area (TPSA) is 32.3 Å². The highest BCUT2D eigenvalue weighted by Gasteiger charge is 2.43. The van der Waals surface area contributed by atoms with Crippen molar-refractivity contribution in [3.8, 4) is 0 Å². The Labute approximate surface area is 91.2 Å².